The molecule has 1 amide bonds. The molecule has 0 saturated heterocycles. The second-order valence-electron chi connectivity index (χ2n) is 6.38. The van der Waals surface area contributed by atoms with Gasteiger partial charge in [0.2, 0.25) is 5.91 Å². The van der Waals surface area contributed by atoms with Crippen LogP contribution in [0.4, 0.5) is 5.69 Å². The molecule has 0 bridgehead atoms. The van der Waals surface area contributed by atoms with E-state index in [1.54, 1.807) is 12.1 Å². The van der Waals surface area contributed by atoms with Crippen molar-refractivity contribution in [3.63, 3.8) is 0 Å². The summed E-state index contributed by atoms with van der Waals surface area (Å²) in [4.78, 5) is 16.5. The summed E-state index contributed by atoms with van der Waals surface area (Å²) in [6.45, 7) is 2.57. The lowest BCUT2D eigenvalue weighted by molar-refractivity contribution is -0.113. The van der Waals surface area contributed by atoms with Gasteiger partial charge in [-0.25, -0.2) is 8.42 Å². The van der Waals surface area contributed by atoms with Crippen LogP contribution in [0, 0.1) is 0 Å². The normalized spacial score (nSPS) is 11.4. The van der Waals surface area contributed by atoms with Crippen LogP contribution in [0.5, 0.6) is 0 Å². The average molecular weight is 432 g/mol. The minimum absolute atomic E-state index is 0.0572. The van der Waals surface area contributed by atoms with Crippen LogP contribution in [0.1, 0.15) is 12.5 Å². The standard InChI is InChI=1S/C19H21N5O3S2/c1-3-24-18(16-10-9-14(11-20-16)13-29(2,26)27)22-23-19(24)28-12-17(25)21-15-7-5-4-6-8-15/h4-11H,3,12-13H2,1-2H3,(H,21,25). The second-order valence-corrected chi connectivity index (χ2v) is 9.46. The van der Waals surface area contributed by atoms with Gasteiger partial charge in [0.05, 0.1) is 11.5 Å². The Morgan fingerprint density at radius 3 is 2.52 bits per heavy atom. The number of thioether (sulfide) groups is 1. The molecule has 10 heteroatoms. The van der Waals surface area contributed by atoms with Crippen molar-refractivity contribution in [3.8, 4) is 11.5 Å². The van der Waals surface area contributed by atoms with Gasteiger partial charge < -0.3 is 9.88 Å². The molecule has 0 saturated carbocycles. The monoisotopic (exact) mass is 431 g/mol. The van der Waals surface area contributed by atoms with Gasteiger partial charge in [0, 0.05) is 24.7 Å². The number of sulfone groups is 1. The van der Waals surface area contributed by atoms with Crippen molar-refractivity contribution < 1.29 is 13.2 Å². The highest BCUT2D eigenvalue weighted by Crippen LogP contribution is 2.23. The molecule has 0 spiro atoms. The zero-order chi connectivity index (χ0) is 20.9. The molecule has 0 aliphatic carbocycles. The molecule has 0 fully saturated rings. The van der Waals surface area contributed by atoms with Crippen LogP contribution in [-0.2, 0) is 26.9 Å². The number of nitrogens with one attached hydrogen (secondary N) is 1. The van der Waals surface area contributed by atoms with E-state index in [0.29, 0.717) is 28.8 Å². The largest absolute Gasteiger partial charge is 0.325 e. The number of hydrogen-bond donors (Lipinski definition) is 1. The SMILES string of the molecule is CCn1c(SCC(=O)Nc2ccccc2)nnc1-c1ccc(CS(C)(=O)=O)cn1. The van der Waals surface area contributed by atoms with Crippen molar-refractivity contribution in [2.24, 2.45) is 0 Å². The van der Waals surface area contributed by atoms with E-state index in [9.17, 15) is 13.2 Å². The fraction of sp³-hybridized carbons (Fsp3) is 0.263. The molecule has 1 N–H and O–H groups in total. The van der Waals surface area contributed by atoms with Gasteiger partial charge in [-0.2, -0.15) is 0 Å². The summed E-state index contributed by atoms with van der Waals surface area (Å²) in [6, 6.07) is 12.7. The van der Waals surface area contributed by atoms with Crippen molar-refractivity contribution >= 4 is 33.2 Å². The highest BCUT2D eigenvalue weighted by atomic mass is 32.2. The Bertz CT molecular complexity index is 1080. The molecule has 0 aliphatic heterocycles. The van der Waals surface area contributed by atoms with E-state index in [1.807, 2.05) is 41.8 Å². The van der Waals surface area contributed by atoms with Crippen LogP contribution in [0.2, 0.25) is 0 Å². The highest BCUT2D eigenvalue weighted by molar-refractivity contribution is 7.99. The number of carbonyl (C=O) groups excluding carboxylic acids is 1. The van der Waals surface area contributed by atoms with E-state index in [0.717, 1.165) is 5.69 Å². The summed E-state index contributed by atoms with van der Waals surface area (Å²) in [7, 11) is -3.12. The molecule has 3 aromatic rings. The van der Waals surface area contributed by atoms with Gasteiger partial charge >= 0.3 is 0 Å². The van der Waals surface area contributed by atoms with Crippen molar-refractivity contribution in [2.75, 3.05) is 17.3 Å². The lowest BCUT2D eigenvalue weighted by Gasteiger charge is -2.08. The van der Waals surface area contributed by atoms with Gasteiger partial charge in [-0.3, -0.25) is 9.78 Å². The minimum atomic E-state index is -3.12. The van der Waals surface area contributed by atoms with Crippen LogP contribution in [0.25, 0.3) is 11.5 Å². The van der Waals surface area contributed by atoms with E-state index in [-0.39, 0.29) is 17.4 Å². The summed E-state index contributed by atoms with van der Waals surface area (Å²) in [5.41, 5.74) is 1.96. The maximum absolute atomic E-state index is 12.2. The second kappa shape index (κ2) is 9.19. The van der Waals surface area contributed by atoms with E-state index < -0.39 is 9.84 Å². The molecular weight excluding hydrogens is 410 g/mol. The average Bonchev–Trinajstić information content (AvgIpc) is 3.09. The van der Waals surface area contributed by atoms with Crippen molar-refractivity contribution in [1.29, 1.82) is 0 Å². The molecule has 152 valence electrons. The van der Waals surface area contributed by atoms with E-state index in [1.165, 1.54) is 24.2 Å². The van der Waals surface area contributed by atoms with Gasteiger partial charge in [-0.15, -0.1) is 10.2 Å². The lowest BCUT2D eigenvalue weighted by Crippen LogP contribution is -2.14. The number of rotatable bonds is 8. The smallest absolute Gasteiger partial charge is 0.234 e. The zero-order valence-electron chi connectivity index (χ0n) is 16.1. The maximum atomic E-state index is 12.2. The van der Waals surface area contributed by atoms with Crippen molar-refractivity contribution in [1.82, 2.24) is 19.7 Å². The van der Waals surface area contributed by atoms with Gasteiger partial charge in [-0.05, 0) is 30.7 Å². The topological polar surface area (TPSA) is 107 Å². The van der Waals surface area contributed by atoms with Gasteiger partial charge in [-0.1, -0.05) is 36.0 Å². The first kappa shape index (κ1) is 21.0. The fourth-order valence-electron chi connectivity index (χ4n) is 2.66. The molecule has 0 radical (unpaired) electrons. The predicted octanol–water partition coefficient (Wildman–Crippen LogP) is 2.64. The number of nitrogens with zero attached hydrogens (tertiary/aromatic N) is 4. The minimum Gasteiger partial charge on any atom is -0.325 e. The third kappa shape index (κ3) is 5.88. The number of para-hydroxylation sites is 1. The maximum Gasteiger partial charge on any atom is 0.234 e. The summed E-state index contributed by atoms with van der Waals surface area (Å²) >= 11 is 1.30. The molecule has 0 atom stereocenters. The summed E-state index contributed by atoms with van der Waals surface area (Å²) in [5, 5.41) is 11.8. The van der Waals surface area contributed by atoms with E-state index >= 15 is 0 Å². The molecule has 8 nitrogen and oxygen atoms in total. The number of anilines is 1. The lowest BCUT2D eigenvalue weighted by atomic mass is 10.2. The quantitative estimate of drug-likeness (QED) is 0.546. The summed E-state index contributed by atoms with van der Waals surface area (Å²) in [5.74, 6) is 0.590. The molecule has 3 rings (SSSR count). The molecule has 1 aromatic carbocycles. The molecule has 0 unspecified atom stereocenters. The van der Waals surface area contributed by atoms with Crippen LogP contribution in [-0.4, -0.2) is 46.1 Å². The van der Waals surface area contributed by atoms with Crippen LogP contribution in [0.3, 0.4) is 0 Å². The van der Waals surface area contributed by atoms with Crippen LogP contribution < -0.4 is 5.32 Å². The highest BCUT2D eigenvalue weighted by Gasteiger charge is 2.16. The van der Waals surface area contributed by atoms with Crippen LogP contribution in [0.15, 0.2) is 53.8 Å². The molecule has 2 aromatic heterocycles. The summed E-state index contributed by atoms with van der Waals surface area (Å²) in [6.07, 6.45) is 2.72. The molecule has 2 heterocycles. The summed E-state index contributed by atoms with van der Waals surface area (Å²) < 4.78 is 24.7. The third-order valence-corrected chi connectivity index (χ3v) is 5.73. The van der Waals surface area contributed by atoms with Gasteiger partial charge in [0.15, 0.2) is 20.8 Å². The first-order valence-corrected chi connectivity index (χ1v) is 11.9. The Balaban J connectivity index is 1.69. The van der Waals surface area contributed by atoms with Crippen molar-refractivity contribution in [2.45, 2.75) is 24.4 Å². The number of pyridine rings is 1. The first-order chi connectivity index (χ1) is 13.9. The number of benzene rings is 1. The Morgan fingerprint density at radius 1 is 1.14 bits per heavy atom. The predicted molar refractivity (Wildman–Crippen MR) is 113 cm³/mol. The molecular formula is C19H21N5O3S2. The number of aromatic nitrogens is 4. The number of carbonyl (C=O) groups is 1. The Kier molecular flexibility index (Phi) is 6.65. The van der Waals surface area contributed by atoms with E-state index in [2.05, 4.69) is 20.5 Å². The van der Waals surface area contributed by atoms with Crippen molar-refractivity contribution in [3.05, 3.63) is 54.2 Å². The fourth-order valence-corrected chi connectivity index (χ4v) is 4.24. The first-order valence-electron chi connectivity index (χ1n) is 8.89. The zero-order valence-corrected chi connectivity index (χ0v) is 17.7. The Hall–Kier alpha value is -2.72. The Labute approximate surface area is 173 Å². The Morgan fingerprint density at radius 2 is 1.90 bits per heavy atom. The molecule has 29 heavy (non-hydrogen) atoms. The van der Waals surface area contributed by atoms with Gasteiger partial charge in [0.25, 0.3) is 0 Å². The van der Waals surface area contributed by atoms with E-state index in [4.69, 9.17) is 0 Å². The van der Waals surface area contributed by atoms with Gasteiger partial charge in [0.1, 0.15) is 5.69 Å². The number of hydrogen-bond acceptors (Lipinski definition) is 7. The number of amides is 1. The molecule has 0 aliphatic rings. The van der Waals surface area contributed by atoms with Crippen LogP contribution >= 0.6 is 11.8 Å². The third-order valence-electron chi connectivity index (χ3n) is 3.91.